The molecule has 1 aromatic carbocycles. The van der Waals surface area contributed by atoms with E-state index in [9.17, 15) is 0 Å². The maximum Gasteiger partial charge on any atom is 0.120 e. The van der Waals surface area contributed by atoms with Gasteiger partial charge in [0.15, 0.2) is 0 Å². The van der Waals surface area contributed by atoms with Crippen LogP contribution in [0.5, 0.6) is 5.75 Å². The van der Waals surface area contributed by atoms with Crippen LogP contribution in [0.15, 0.2) is 28.2 Å². The van der Waals surface area contributed by atoms with Crippen LogP contribution >= 0.6 is 0 Å². The van der Waals surface area contributed by atoms with Crippen molar-refractivity contribution in [1.29, 1.82) is 0 Å². The normalized spacial score (nSPS) is 20.8. The number of amidine groups is 1. The Balaban J connectivity index is 1.67. The van der Waals surface area contributed by atoms with Crippen LogP contribution in [0.1, 0.15) is 32.3 Å². The summed E-state index contributed by atoms with van der Waals surface area (Å²) in [6.45, 7) is 6.30. The summed E-state index contributed by atoms with van der Waals surface area (Å²) >= 11 is 0. The van der Waals surface area contributed by atoms with E-state index in [1.165, 1.54) is 12.3 Å². The molecule has 0 aliphatic carbocycles. The summed E-state index contributed by atoms with van der Waals surface area (Å²) in [5.74, 6) is 2.04. The Morgan fingerprint density at radius 3 is 2.86 bits per heavy atom. The molecular formula is C17H24N4O. The highest BCUT2D eigenvalue weighted by Gasteiger charge is 2.23. The van der Waals surface area contributed by atoms with Crippen LogP contribution in [0.25, 0.3) is 0 Å². The average Bonchev–Trinajstić information content (AvgIpc) is 2.40. The van der Waals surface area contributed by atoms with Crippen molar-refractivity contribution in [2.24, 2.45) is 9.98 Å². The third-order valence-electron chi connectivity index (χ3n) is 4.07. The van der Waals surface area contributed by atoms with E-state index >= 15 is 0 Å². The number of nitrogens with zero attached hydrogens (tertiary/aromatic N) is 3. The third-order valence-corrected chi connectivity index (χ3v) is 4.07. The van der Waals surface area contributed by atoms with Crippen LogP contribution in [-0.2, 0) is 6.42 Å². The molecule has 1 unspecified atom stereocenters. The summed E-state index contributed by atoms with van der Waals surface area (Å²) in [6.07, 6.45) is 4.85. The largest absolute Gasteiger partial charge is 0.491 e. The lowest BCUT2D eigenvalue weighted by Crippen LogP contribution is -2.44. The fourth-order valence-corrected chi connectivity index (χ4v) is 2.78. The number of ether oxygens (including phenoxy) is 1. The van der Waals surface area contributed by atoms with Crippen LogP contribution < -0.4 is 10.5 Å². The van der Waals surface area contributed by atoms with Crippen LogP contribution in [-0.4, -0.2) is 42.3 Å². The average molecular weight is 300 g/mol. The fraction of sp³-hybridized carbons (Fsp3) is 0.529. The van der Waals surface area contributed by atoms with Crippen molar-refractivity contribution in [1.82, 2.24) is 4.90 Å². The Morgan fingerprint density at radius 2 is 2.18 bits per heavy atom. The molecule has 5 nitrogen and oxygen atoms in total. The molecule has 0 spiro atoms. The zero-order chi connectivity index (χ0) is 15.5. The zero-order valence-electron chi connectivity index (χ0n) is 13.3. The predicted molar refractivity (Wildman–Crippen MR) is 90.8 cm³/mol. The quantitative estimate of drug-likeness (QED) is 0.869. The SMILES string of the molecule is CC(C)Oc1ccc(N)c(CC2CC(N3CCC3)=NC=N2)c1. The molecular weight excluding hydrogens is 276 g/mol. The van der Waals surface area contributed by atoms with Gasteiger partial charge in [-0.3, -0.25) is 4.99 Å². The summed E-state index contributed by atoms with van der Waals surface area (Å²) in [4.78, 5) is 11.3. The van der Waals surface area contributed by atoms with E-state index in [2.05, 4.69) is 14.9 Å². The molecule has 2 heterocycles. The molecule has 0 saturated carbocycles. The molecule has 1 aromatic rings. The van der Waals surface area contributed by atoms with Crippen molar-refractivity contribution in [2.75, 3.05) is 18.8 Å². The van der Waals surface area contributed by atoms with Crippen molar-refractivity contribution in [2.45, 2.75) is 45.3 Å². The Labute approximate surface area is 131 Å². The Bertz CT molecular complexity index is 590. The monoisotopic (exact) mass is 300 g/mol. The lowest BCUT2D eigenvalue weighted by atomic mass is 10.00. The summed E-state index contributed by atoms with van der Waals surface area (Å²) in [5.41, 5.74) is 8.03. The van der Waals surface area contributed by atoms with Gasteiger partial charge >= 0.3 is 0 Å². The summed E-state index contributed by atoms with van der Waals surface area (Å²) in [6, 6.07) is 6.10. The van der Waals surface area contributed by atoms with Crippen LogP contribution in [0.4, 0.5) is 5.69 Å². The number of aliphatic imine (C=N–C) groups is 2. The van der Waals surface area contributed by atoms with Gasteiger partial charge in [0.2, 0.25) is 0 Å². The first kappa shape index (κ1) is 14.9. The van der Waals surface area contributed by atoms with Gasteiger partial charge in [-0.25, -0.2) is 4.99 Å². The lowest BCUT2D eigenvalue weighted by molar-refractivity contribution is 0.242. The molecule has 22 heavy (non-hydrogen) atoms. The molecule has 0 bridgehead atoms. The van der Waals surface area contributed by atoms with E-state index in [4.69, 9.17) is 10.5 Å². The topological polar surface area (TPSA) is 63.2 Å². The molecule has 0 radical (unpaired) electrons. The van der Waals surface area contributed by atoms with Gasteiger partial charge in [-0.05, 0) is 50.5 Å². The molecule has 0 amide bonds. The van der Waals surface area contributed by atoms with Crippen LogP contribution in [0, 0.1) is 0 Å². The van der Waals surface area contributed by atoms with E-state index in [0.29, 0.717) is 0 Å². The number of benzene rings is 1. The van der Waals surface area contributed by atoms with Crippen molar-refractivity contribution in [3.8, 4) is 5.75 Å². The molecule has 0 aromatic heterocycles. The Hall–Kier alpha value is -2.04. The molecule has 3 rings (SSSR count). The number of anilines is 1. The minimum atomic E-state index is 0.161. The molecule has 2 N–H and O–H groups in total. The molecule has 2 aliphatic heterocycles. The second-order valence-corrected chi connectivity index (χ2v) is 6.24. The van der Waals surface area contributed by atoms with Gasteiger partial charge in [-0.15, -0.1) is 0 Å². The minimum absolute atomic E-state index is 0.161. The van der Waals surface area contributed by atoms with Gasteiger partial charge in [0, 0.05) is 25.2 Å². The predicted octanol–water partition coefficient (Wildman–Crippen LogP) is 2.50. The first-order chi connectivity index (χ1) is 10.6. The Morgan fingerprint density at radius 1 is 1.36 bits per heavy atom. The van der Waals surface area contributed by atoms with Gasteiger partial charge in [0.25, 0.3) is 0 Å². The fourth-order valence-electron chi connectivity index (χ4n) is 2.78. The van der Waals surface area contributed by atoms with Gasteiger partial charge in [0.05, 0.1) is 12.1 Å². The number of likely N-dealkylation sites (tertiary alicyclic amines) is 1. The number of nitrogens with two attached hydrogens (primary N) is 1. The molecule has 1 saturated heterocycles. The Kier molecular flexibility index (Phi) is 4.32. The van der Waals surface area contributed by atoms with Crippen molar-refractivity contribution < 1.29 is 4.74 Å². The van der Waals surface area contributed by atoms with E-state index in [0.717, 1.165) is 42.9 Å². The maximum absolute atomic E-state index is 6.12. The highest BCUT2D eigenvalue weighted by atomic mass is 16.5. The highest BCUT2D eigenvalue weighted by Crippen LogP contribution is 2.25. The second kappa shape index (κ2) is 6.38. The minimum Gasteiger partial charge on any atom is -0.491 e. The number of nitrogen functional groups attached to an aromatic ring is 1. The van der Waals surface area contributed by atoms with E-state index in [1.807, 2.05) is 32.0 Å². The van der Waals surface area contributed by atoms with Crippen LogP contribution in [0.3, 0.4) is 0 Å². The van der Waals surface area contributed by atoms with Crippen molar-refractivity contribution >= 4 is 17.9 Å². The molecule has 1 atom stereocenters. The van der Waals surface area contributed by atoms with Gasteiger partial charge in [-0.2, -0.15) is 0 Å². The molecule has 118 valence electrons. The first-order valence-electron chi connectivity index (χ1n) is 8.00. The van der Waals surface area contributed by atoms with E-state index < -0.39 is 0 Å². The smallest absolute Gasteiger partial charge is 0.120 e. The first-order valence-corrected chi connectivity index (χ1v) is 8.00. The van der Waals surface area contributed by atoms with Gasteiger partial charge in [-0.1, -0.05) is 0 Å². The zero-order valence-corrected chi connectivity index (χ0v) is 13.3. The van der Waals surface area contributed by atoms with Gasteiger partial charge in [0.1, 0.15) is 17.9 Å². The summed E-state index contributed by atoms with van der Waals surface area (Å²) in [5, 5.41) is 0. The summed E-state index contributed by atoms with van der Waals surface area (Å²) in [7, 11) is 0. The number of hydrogen-bond donors (Lipinski definition) is 1. The standard InChI is InChI=1S/C17H24N4O/c1-12(2)22-15-4-5-16(18)13(9-15)8-14-10-17(20-11-19-14)21-6-3-7-21/h4-5,9,11-12,14H,3,6-8,10,18H2,1-2H3. The van der Waals surface area contributed by atoms with Crippen molar-refractivity contribution in [3.63, 3.8) is 0 Å². The van der Waals surface area contributed by atoms with Crippen molar-refractivity contribution in [3.05, 3.63) is 23.8 Å². The van der Waals surface area contributed by atoms with E-state index in [1.54, 1.807) is 6.34 Å². The maximum atomic E-state index is 6.12. The summed E-state index contributed by atoms with van der Waals surface area (Å²) < 4.78 is 5.76. The van der Waals surface area contributed by atoms with Gasteiger partial charge < -0.3 is 15.4 Å². The number of hydrogen-bond acceptors (Lipinski definition) is 5. The molecule has 5 heteroatoms. The highest BCUT2D eigenvalue weighted by molar-refractivity contribution is 5.91. The molecule has 1 fully saturated rings. The third kappa shape index (κ3) is 3.40. The van der Waals surface area contributed by atoms with Crippen LogP contribution in [0.2, 0.25) is 0 Å². The molecule has 2 aliphatic rings. The lowest BCUT2D eigenvalue weighted by Gasteiger charge is -2.35. The number of rotatable bonds is 4. The second-order valence-electron chi connectivity index (χ2n) is 6.24. The van der Waals surface area contributed by atoms with E-state index in [-0.39, 0.29) is 12.1 Å².